The monoisotopic (exact) mass is 213 g/mol. The molecule has 1 heterocycles. The molecule has 4 nitrogen and oxygen atoms in total. The van der Waals surface area contributed by atoms with Crippen LogP contribution in [0.5, 0.6) is 5.88 Å². The topological polar surface area (TPSA) is 69.7 Å². The summed E-state index contributed by atoms with van der Waals surface area (Å²) in [5.74, 6) is 0.278. The van der Waals surface area contributed by atoms with Crippen molar-refractivity contribution in [2.24, 2.45) is 0 Å². The minimum Gasteiger partial charge on any atom is -0.480 e. The lowest BCUT2D eigenvalue weighted by Gasteiger charge is -2.17. The molecule has 0 unspecified atom stereocenters. The Hall–Kier alpha value is -2.07. The van der Waals surface area contributed by atoms with Gasteiger partial charge in [0.05, 0.1) is 12.7 Å². The van der Waals surface area contributed by atoms with E-state index in [1.165, 1.54) is 7.11 Å². The van der Waals surface area contributed by atoms with Crippen LogP contribution in [0.25, 0.3) is 0 Å². The van der Waals surface area contributed by atoms with E-state index in [4.69, 9.17) is 15.3 Å². The number of pyridine rings is 1. The van der Waals surface area contributed by atoms with Crippen molar-refractivity contribution in [3.8, 4) is 18.0 Å². The van der Waals surface area contributed by atoms with Gasteiger partial charge in [-0.15, -0.1) is 0 Å². The van der Waals surface area contributed by atoms with E-state index in [9.17, 15) is 0 Å². The van der Waals surface area contributed by atoms with Gasteiger partial charge in [0.1, 0.15) is 17.7 Å². The molecule has 0 radical (unpaired) electrons. The number of aryl methyl sites for hydroxylation is 1. The summed E-state index contributed by atoms with van der Waals surface area (Å²) in [6, 6.07) is 4.11. The summed E-state index contributed by atoms with van der Waals surface area (Å²) in [4.78, 5) is 4.32. The molecule has 1 aliphatic rings. The Bertz CT molecular complexity index is 508. The van der Waals surface area contributed by atoms with Crippen molar-refractivity contribution in [1.82, 2.24) is 4.98 Å². The van der Waals surface area contributed by atoms with Gasteiger partial charge in [-0.2, -0.15) is 10.5 Å². The van der Waals surface area contributed by atoms with Crippen LogP contribution in [0.15, 0.2) is 0 Å². The van der Waals surface area contributed by atoms with Gasteiger partial charge in [0.15, 0.2) is 0 Å². The van der Waals surface area contributed by atoms with Gasteiger partial charge >= 0.3 is 0 Å². The summed E-state index contributed by atoms with van der Waals surface area (Å²) in [7, 11) is 1.47. The van der Waals surface area contributed by atoms with Crippen LogP contribution in [0.1, 0.15) is 35.2 Å². The second-order valence-corrected chi connectivity index (χ2v) is 3.73. The second-order valence-electron chi connectivity index (χ2n) is 3.73. The van der Waals surface area contributed by atoms with Crippen molar-refractivity contribution >= 4 is 0 Å². The Morgan fingerprint density at radius 3 is 2.44 bits per heavy atom. The molecule has 0 saturated carbocycles. The fourth-order valence-corrected chi connectivity index (χ4v) is 2.09. The van der Waals surface area contributed by atoms with E-state index in [1.54, 1.807) is 0 Å². The van der Waals surface area contributed by atoms with Gasteiger partial charge in [-0.3, -0.25) is 0 Å². The maximum Gasteiger partial charge on any atom is 0.233 e. The molecule has 0 aliphatic heterocycles. The Balaban J connectivity index is 2.72. The number of methoxy groups -OCH3 is 1. The van der Waals surface area contributed by atoms with Crippen LogP contribution in [-0.2, 0) is 12.8 Å². The summed E-state index contributed by atoms with van der Waals surface area (Å²) in [5, 5.41) is 18.2. The van der Waals surface area contributed by atoms with Crippen molar-refractivity contribution in [3.05, 3.63) is 22.4 Å². The zero-order chi connectivity index (χ0) is 11.5. The molecule has 16 heavy (non-hydrogen) atoms. The first kappa shape index (κ1) is 10.4. The molecule has 0 aromatic carbocycles. The van der Waals surface area contributed by atoms with Gasteiger partial charge in [0, 0.05) is 5.69 Å². The first-order chi connectivity index (χ1) is 7.81. The summed E-state index contributed by atoms with van der Waals surface area (Å²) in [5.41, 5.74) is 2.57. The normalized spacial score (nSPS) is 13.4. The molecule has 1 aliphatic carbocycles. The SMILES string of the molecule is COc1nc2c(c(C#N)c1C#N)CCCC2. The molecule has 4 heteroatoms. The minimum atomic E-state index is 0.269. The van der Waals surface area contributed by atoms with Gasteiger partial charge in [-0.1, -0.05) is 0 Å². The van der Waals surface area contributed by atoms with Gasteiger partial charge < -0.3 is 4.74 Å². The van der Waals surface area contributed by atoms with Crippen LogP contribution in [0, 0.1) is 22.7 Å². The predicted octanol–water partition coefficient (Wildman–Crippen LogP) is 1.71. The fraction of sp³-hybridized carbons (Fsp3) is 0.417. The van der Waals surface area contributed by atoms with Crippen molar-refractivity contribution < 1.29 is 4.74 Å². The van der Waals surface area contributed by atoms with Gasteiger partial charge in [-0.05, 0) is 31.2 Å². The van der Waals surface area contributed by atoms with Crippen LogP contribution in [-0.4, -0.2) is 12.1 Å². The molecule has 0 amide bonds. The number of rotatable bonds is 1. The average Bonchev–Trinajstić information content (AvgIpc) is 2.36. The Morgan fingerprint density at radius 2 is 1.81 bits per heavy atom. The van der Waals surface area contributed by atoms with Crippen LogP contribution < -0.4 is 4.74 Å². The largest absolute Gasteiger partial charge is 0.480 e. The molecule has 0 spiro atoms. The molecule has 1 aromatic heterocycles. The molecule has 80 valence electrons. The summed E-state index contributed by atoms with van der Waals surface area (Å²) >= 11 is 0. The highest BCUT2D eigenvalue weighted by atomic mass is 16.5. The number of aromatic nitrogens is 1. The maximum absolute atomic E-state index is 9.14. The van der Waals surface area contributed by atoms with E-state index in [0.717, 1.165) is 36.9 Å². The van der Waals surface area contributed by atoms with E-state index >= 15 is 0 Å². The third kappa shape index (κ3) is 1.49. The standard InChI is InChI=1S/C12H11N3O/c1-16-12-10(7-14)9(6-13)8-4-2-3-5-11(8)15-12/h2-5H2,1H3. The highest BCUT2D eigenvalue weighted by Crippen LogP contribution is 2.29. The molecule has 2 rings (SSSR count). The van der Waals surface area contributed by atoms with Crippen LogP contribution in [0.2, 0.25) is 0 Å². The lowest BCUT2D eigenvalue weighted by Crippen LogP contribution is -2.11. The Labute approximate surface area is 94.1 Å². The number of nitriles is 2. The summed E-state index contributed by atoms with van der Waals surface area (Å²) in [6.45, 7) is 0. The summed E-state index contributed by atoms with van der Waals surface area (Å²) < 4.78 is 5.06. The van der Waals surface area contributed by atoms with E-state index in [1.807, 2.05) is 6.07 Å². The van der Waals surface area contributed by atoms with E-state index in [-0.39, 0.29) is 11.4 Å². The zero-order valence-corrected chi connectivity index (χ0v) is 9.08. The third-order valence-electron chi connectivity index (χ3n) is 2.86. The lowest BCUT2D eigenvalue weighted by molar-refractivity contribution is 0.393. The highest BCUT2D eigenvalue weighted by molar-refractivity contribution is 5.57. The van der Waals surface area contributed by atoms with Crippen molar-refractivity contribution in [3.63, 3.8) is 0 Å². The lowest BCUT2D eigenvalue weighted by atomic mass is 9.90. The van der Waals surface area contributed by atoms with Crippen molar-refractivity contribution in [2.75, 3.05) is 7.11 Å². The molecule has 0 N–H and O–H groups in total. The van der Waals surface area contributed by atoms with Gasteiger partial charge in [0.25, 0.3) is 0 Å². The Morgan fingerprint density at radius 1 is 1.12 bits per heavy atom. The van der Waals surface area contributed by atoms with Gasteiger partial charge in [0.2, 0.25) is 5.88 Å². The third-order valence-corrected chi connectivity index (χ3v) is 2.86. The molecular weight excluding hydrogens is 202 g/mol. The smallest absolute Gasteiger partial charge is 0.233 e. The average molecular weight is 213 g/mol. The quantitative estimate of drug-likeness (QED) is 0.712. The first-order valence-corrected chi connectivity index (χ1v) is 5.21. The fourth-order valence-electron chi connectivity index (χ4n) is 2.09. The van der Waals surface area contributed by atoms with E-state index < -0.39 is 0 Å². The molecule has 0 saturated heterocycles. The minimum absolute atomic E-state index is 0.269. The van der Waals surface area contributed by atoms with Crippen molar-refractivity contribution in [1.29, 1.82) is 10.5 Å². The van der Waals surface area contributed by atoms with Crippen LogP contribution in [0.3, 0.4) is 0 Å². The number of fused-ring (bicyclic) bond motifs is 1. The molecule has 0 fully saturated rings. The van der Waals surface area contributed by atoms with E-state index in [0.29, 0.717) is 5.56 Å². The molecule has 0 atom stereocenters. The number of hydrogen-bond donors (Lipinski definition) is 0. The van der Waals surface area contributed by atoms with Crippen LogP contribution in [0.4, 0.5) is 0 Å². The Kier molecular flexibility index (Phi) is 2.74. The van der Waals surface area contributed by atoms with Gasteiger partial charge in [-0.25, -0.2) is 4.98 Å². The molecular formula is C12H11N3O. The molecule has 1 aromatic rings. The number of nitrogens with zero attached hydrogens (tertiary/aromatic N) is 3. The summed E-state index contributed by atoms with van der Waals surface area (Å²) in [6.07, 6.45) is 3.84. The first-order valence-electron chi connectivity index (χ1n) is 5.21. The second kappa shape index (κ2) is 4.20. The maximum atomic E-state index is 9.14. The number of ether oxygens (including phenoxy) is 1. The zero-order valence-electron chi connectivity index (χ0n) is 9.08. The molecule has 0 bridgehead atoms. The highest BCUT2D eigenvalue weighted by Gasteiger charge is 2.22. The van der Waals surface area contributed by atoms with Crippen molar-refractivity contribution in [2.45, 2.75) is 25.7 Å². The predicted molar refractivity (Wildman–Crippen MR) is 56.9 cm³/mol. The van der Waals surface area contributed by atoms with E-state index in [2.05, 4.69) is 11.1 Å². The van der Waals surface area contributed by atoms with Crippen LogP contribution >= 0.6 is 0 Å². The number of hydrogen-bond acceptors (Lipinski definition) is 4.